The Bertz CT molecular complexity index is 369. The molecule has 3 rings (SSSR count). The van der Waals surface area contributed by atoms with Crippen LogP contribution in [-0.2, 0) is 0 Å². The number of urea groups is 1. The number of hydrogen-bond acceptors (Lipinski definition) is 1. The Hall–Kier alpha value is -0.990. The molecule has 3 nitrogen and oxygen atoms in total. The summed E-state index contributed by atoms with van der Waals surface area (Å²) in [6.07, 6.45) is 15.7. The first kappa shape index (κ1) is 14.9. The lowest BCUT2D eigenvalue weighted by Gasteiger charge is -2.48. The molecule has 2 saturated carbocycles. The first-order valence-corrected chi connectivity index (χ1v) is 9.02. The molecule has 1 heterocycles. The maximum Gasteiger partial charge on any atom is 0.321 e. The van der Waals surface area contributed by atoms with E-state index < -0.39 is 0 Å². The van der Waals surface area contributed by atoms with E-state index in [9.17, 15) is 4.79 Å². The first-order chi connectivity index (χ1) is 10.3. The van der Waals surface area contributed by atoms with Gasteiger partial charge in [0.05, 0.1) is 6.04 Å². The molecule has 0 aromatic carbocycles. The molecule has 0 N–H and O–H groups in total. The van der Waals surface area contributed by atoms with Crippen molar-refractivity contribution < 1.29 is 4.79 Å². The Labute approximate surface area is 129 Å². The Balaban J connectivity index is 1.73. The van der Waals surface area contributed by atoms with Gasteiger partial charge in [0, 0.05) is 18.6 Å². The van der Waals surface area contributed by atoms with Crippen molar-refractivity contribution in [2.24, 2.45) is 0 Å². The highest BCUT2D eigenvalue weighted by molar-refractivity contribution is 5.76. The van der Waals surface area contributed by atoms with Crippen LogP contribution in [0.5, 0.6) is 0 Å². The van der Waals surface area contributed by atoms with Gasteiger partial charge in [0.15, 0.2) is 0 Å². The van der Waals surface area contributed by atoms with Crippen molar-refractivity contribution in [2.45, 2.75) is 88.8 Å². The number of nitrogens with zero attached hydrogens (tertiary/aromatic N) is 2. The van der Waals surface area contributed by atoms with Gasteiger partial charge in [-0.1, -0.05) is 44.6 Å². The molecule has 0 radical (unpaired) electrons. The van der Waals surface area contributed by atoms with Crippen molar-refractivity contribution in [3.05, 3.63) is 12.7 Å². The van der Waals surface area contributed by atoms with Crippen LogP contribution in [-0.4, -0.2) is 40.5 Å². The average Bonchev–Trinajstić information content (AvgIpc) is 2.56. The van der Waals surface area contributed by atoms with Crippen LogP contribution < -0.4 is 0 Å². The fraction of sp³-hybridized carbons (Fsp3) is 0.833. The van der Waals surface area contributed by atoms with Crippen molar-refractivity contribution in [3.63, 3.8) is 0 Å². The molecular weight excluding hydrogens is 260 g/mol. The van der Waals surface area contributed by atoms with Crippen LogP contribution in [0.3, 0.4) is 0 Å². The summed E-state index contributed by atoms with van der Waals surface area (Å²) in [6, 6.07) is 1.54. The van der Waals surface area contributed by atoms with E-state index in [2.05, 4.69) is 16.4 Å². The third kappa shape index (κ3) is 3.12. The molecule has 0 aromatic rings. The van der Waals surface area contributed by atoms with Gasteiger partial charge in [0.2, 0.25) is 0 Å². The predicted molar refractivity (Wildman–Crippen MR) is 86.3 cm³/mol. The second-order valence-corrected chi connectivity index (χ2v) is 7.06. The zero-order valence-electron chi connectivity index (χ0n) is 13.3. The minimum Gasteiger partial charge on any atom is -0.322 e. The van der Waals surface area contributed by atoms with Crippen LogP contribution in [0.25, 0.3) is 0 Å². The van der Waals surface area contributed by atoms with Gasteiger partial charge in [-0.2, -0.15) is 0 Å². The molecule has 2 amide bonds. The molecule has 1 aliphatic heterocycles. The normalized spacial score (nSPS) is 29.7. The van der Waals surface area contributed by atoms with Gasteiger partial charge in [-0.05, 0) is 32.1 Å². The minimum atomic E-state index is 0.264. The van der Waals surface area contributed by atoms with Crippen molar-refractivity contribution in [3.8, 4) is 0 Å². The largest absolute Gasteiger partial charge is 0.322 e. The maximum absolute atomic E-state index is 13.1. The zero-order valence-corrected chi connectivity index (χ0v) is 13.3. The third-order valence-electron chi connectivity index (χ3n) is 5.75. The number of hydrogen-bond donors (Lipinski definition) is 0. The van der Waals surface area contributed by atoms with Gasteiger partial charge in [-0.15, -0.1) is 6.58 Å². The monoisotopic (exact) mass is 290 g/mol. The fourth-order valence-corrected chi connectivity index (χ4v) is 4.55. The summed E-state index contributed by atoms with van der Waals surface area (Å²) in [6.45, 7) is 4.92. The van der Waals surface area contributed by atoms with E-state index in [0.29, 0.717) is 18.1 Å². The van der Waals surface area contributed by atoms with Crippen molar-refractivity contribution in [1.82, 2.24) is 9.80 Å². The summed E-state index contributed by atoms with van der Waals surface area (Å²) < 4.78 is 0. The van der Waals surface area contributed by atoms with Crippen molar-refractivity contribution >= 4 is 6.03 Å². The van der Waals surface area contributed by atoms with E-state index in [4.69, 9.17) is 0 Å². The van der Waals surface area contributed by atoms with E-state index in [1.807, 2.05) is 6.08 Å². The Kier molecular flexibility index (Phi) is 4.87. The van der Waals surface area contributed by atoms with Gasteiger partial charge in [-0.25, -0.2) is 4.79 Å². The number of rotatable bonds is 3. The minimum absolute atomic E-state index is 0.264. The van der Waals surface area contributed by atoms with E-state index in [1.165, 1.54) is 64.2 Å². The molecule has 118 valence electrons. The molecule has 3 aliphatic rings. The summed E-state index contributed by atoms with van der Waals surface area (Å²) in [5.74, 6) is 0. The lowest BCUT2D eigenvalue weighted by molar-refractivity contribution is 0.0525. The van der Waals surface area contributed by atoms with Crippen molar-refractivity contribution in [2.75, 3.05) is 6.54 Å². The van der Waals surface area contributed by atoms with Gasteiger partial charge >= 0.3 is 6.03 Å². The average molecular weight is 290 g/mol. The van der Waals surface area contributed by atoms with Gasteiger partial charge in [-0.3, -0.25) is 0 Å². The highest BCUT2D eigenvalue weighted by Crippen LogP contribution is 2.32. The van der Waals surface area contributed by atoms with Gasteiger partial charge in [0.25, 0.3) is 0 Å². The number of carbonyl (C=O) groups is 1. The molecule has 1 saturated heterocycles. The van der Waals surface area contributed by atoms with Crippen LogP contribution in [0.15, 0.2) is 12.7 Å². The molecule has 0 aromatic heterocycles. The summed E-state index contributed by atoms with van der Waals surface area (Å²) >= 11 is 0. The molecule has 2 aliphatic carbocycles. The lowest BCUT2D eigenvalue weighted by Crippen LogP contribution is -2.60. The van der Waals surface area contributed by atoms with Crippen LogP contribution in [0.1, 0.15) is 70.6 Å². The fourth-order valence-electron chi connectivity index (χ4n) is 4.55. The molecule has 1 unspecified atom stereocenters. The number of amides is 2. The smallest absolute Gasteiger partial charge is 0.321 e. The van der Waals surface area contributed by atoms with Crippen LogP contribution in [0.4, 0.5) is 4.79 Å². The van der Waals surface area contributed by atoms with E-state index in [-0.39, 0.29) is 6.04 Å². The van der Waals surface area contributed by atoms with Gasteiger partial charge < -0.3 is 9.80 Å². The highest BCUT2D eigenvalue weighted by Gasteiger charge is 2.39. The highest BCUT2D eigenvalue weighted by atomic mass is 16.2. The lowest BCUT2D eigenvalue weighted by atomic mass is 9.90. The molecule has 21 heavy (non-hydrogen) atoms. The summed E-state index contributed by atoms with van der Waals surface area (Å²) in [5, 5.41) is 0. The zero-order chi connectivity index (χ0) is 14.7. The Morgan fingerprint density at radius 3 is 2.00 bits per heavy atom. The van der Waals surface area contributed by atoms with Gasteiger partial charge in [0.1, 0.15) is 0 Å². The maximum atomic E-state index is 13.1. The summed E-state index contributed by atoms with van der Waals surface area (Å²) in [5.41, 5.74) is 0. The van der Waals surface area contributed by atoms with Crippen LogP contribution in [0.2, 0.25) is 0 Å². The first-order valence-electron chi connectivity index (χ1n) is 9.02. The molecule has 3 heteroatoms. The Morgan fingerprint density at radius 2 is 1.43 bits per heavy atom. The molecule has 1 atom stereocenters. The predicted octanol–water partition coefficient (Wildman–Crippen LogP) is 4.33. The van der Waals surface area contributed by atoms with Crippen LogP contribution >= 0.6 is 0 Å². The van der Waals surface area contributed by atoms with E-state index in [0.717, 1.165) is 13.0 Å². The number of carbonyl (C=O) groups excluding carboxylic acids is 1. The van der Waals surface area contributed by atoms with E-state index >= 15 is 0 Å². The molecule has 0 bridgehead atoms. The Morgan fingerprint density at radius 1 is 0.857 bits per heavy atom. The van der Waals surface area contributed by atoms with Crippen molar-refractivity contribution in [1.29, 1.82) is 0 Å². The summed E-state index contributed by atoms with van der Waals surface area (Å²) in [7, 11) is 0. The van der Waals surface area contributed by atoms with Crippen LogP contribution in [0, 0.1) is 0 Å². The third-order valence-corrected chi connectivity index (χ3v) is 5.75. The second-order valence-electron chi connectivity index (χ2n) is 7.06. The quantitative estimate of drug-likeness (QED) is 0.709. The van der Waals surface area contributed by atoms with E-state index in [1.54, 1.807) is 0 Å². The molecule has 0 spiro atoms. The molecule has 3 fully saturated rings. The second kappa shape index (κ2) is 6.85. The SMILES string of the molecule is C=CC1CCN(C2CCCCC2)C(=O)N1C1CCCCC1. The standard InChI is InChI=1S/C18H30N2O/c1-2-15-13-14-19(16-9-5-3-6-10-16)18(21)20(15)17-11-7-4-8-12-17/h2,15-17H,1,3-14H2. The topological polar surface area (TPSA) is 23.6 Å². The molecular formula is C18H30N2O. The summed E-state index contributed by atoms with van der Waals surface area (Å²) in [4.78, 5) is 17.5.